The van der Waals surface area contributed by atoms with Gasteiger partial charge in [0.1, 0.15) is 0 Å². The van der Waals surface area contributed by atoms with Crippen molar-refractivity contribution in [3.05, 3.63) is 60.2 Å². The first-order valence-corrected chi connectivity index (χ1v) is 6.50. The van der Waals surface area contributed by atoms with Crippen molar-refractivity contribution >= 4 is 16.7 Å². The van der Waals surface area contributed by atoms with Crippen LogP contribution in [0.1, 0.15) is 23.7 Å². The van der Waals surface area contributed by atoms with Crippen LogP contribution in [0.15, 0.2) is 54.6 Å². The molecule has 0 unspecified atom stereocenters. The van der Waals surface area contributed by atoms with Crippen molar-refractivity contribution < 1.29 is 4.79 Å². The lowest BCUT2D eigenvalue weighted by molar-refractivity contribution is 0.0990. The highest BCUT2D eigenvalue weighted by Crippen LogP contribution is 2.31. The Balaban J connectivity index is 2.32. The van der Waals surface area contributed by atoms with Crippen molar-refractivity contribution in [2.75, 3.05) is 0 Å². The van der Waals surface area contributed by atoms with E-state index in [1.165, 1.54) is 0 Å². The summed E-state index contributed by atoms with van der Waals surface area (Å²) in [5, 5.41) is 1.01. The highest BCUT2D eigenvalue weighted by molar-refractivity contribution is 6.13. The molecule has 0 radical (unpaired) electrons. The number of rotatable bonds is 3. The molecule has 0 atom stereocenters. The van der Waals surface area contributed by atoms with E-state index < -0.39 is 0 Å². The third-order valence-electron chi connectivity index (χ3n) is 3.37. The molecule has 3 aromatic rings. The van der Waals surface area contributed by atoms with Crippen molar-refractivity contribution in [1.82, 2.24) is 4.98 Å². The number of nitrogens with one attached hydrogen (secondary N) is 1. The highest BCUT2D eigenvalue weighted by atomic mass is 16.1. The molecule has 1 aromatic heterocycles. The van der Waals surface area contributed by atoms with Crippen LogP contribution in [-0.2, 0) is 0 Å². The SMILES string of the molecule is CCC(=O)c1c(-c2ccccc2)[nH]c2ccccc12. The summed E-state index contributed by atoms with van der Waals surface area (Å²) in [7, 11) is 0. The number of hydrogen-bond donors (Lipinski definition) is 1. The average molecular weight is 249 g/mol. The molecule has 0 saturated carbocycles. The minimum Gasteiger partial charge on any atom is -0.354 e. The molecular formula is C17H15NO. The molecule has 0 aliphatic rings. The van der Waals surface area contributed by atoms with Crippen molar-refractivity contribution in [3.8, 4) is 11.3 Å². The Morgan fingerprint density at radius 3 is 2.42 bits per heavy atom. The second-order valence-corrected chi connectivity index (χ2v) is 4.56. The molecule has 1 N–H and O–H groups in total. The number of aromatic amines is 1. The van der Waals surface area contributed by atoms with Gasteiger partial charge in [0, 0.05) is 17.3 Å². The Bertz CT molecular complexity index is 725. The van der Waals surface area contributed by atoms with Crippen LogP contribution in [0.2, 0.25) is 0 Å². The van der Waals surface area contributed by atoms with Crippen LogP contribution in [0, 0.1) is 0 Å². The Labute approximate surface area is 112 Å². The van der Waals surface area contributed by atoms with E-state index in [1.54, 1.807) is 0 Å². The van der Waals surface area contributed by atoms with Gasteiger partial charge in [0.15, 0.2) is 5.78 Å². The van der Waals surface area contributed by atoms with Crippen LogP contribution in [0.25, 0.3) is 22.2 Å². The lowest BCUT2D eigenvalue weighted by atomic mass is 10.0. The smallest absolute Gasteiger partial charge is 0.165 e. The summed E-state index contributed by atoms with van der Waals surface area (Å²) in [6.07, 6.45) is 0.516. The molecule has 19 heavy (non-hydrogen) atoms. The molecule has 0 amide bonds. The van der Waals surface area contributed by atoms with Crippen molar-refractivity contribution in [2.45, 2.75) is 13.3 Å². The van der Waals surface area contributed by atoms with Crippen LogP contribution in [0.5, 0.6) is 0 Å². The van der Waals surface area contributed by atoms with Crippen molar-refractivity contribution in [1.29, 1.82) is 0 Å². The largest absolute Gasteiger partial charge is 0.354 e. The number of H-pyrrole nitrogens is 1. The van der Waals surface area contributed by atoms with Gasteiger partial charge in [-0.2, -0.15) is 0 Å². The normalized spacial score (nSPS) is 10.8. The van der Waals surface area contributed by atoms with Gasteiger partial charge in [0.05, 0.1) is 11.3 Å². The zero-order chi connectivity index (χ0) is 13.2. The van der Waals surface area contributed by atoms with E-state index in [4.69, 9.17) is 0 Å². The molecule has 0 saturated heterocycles. The quantitative estimate of drug-likeness (QED) is 0.684. The van der Waals surface area contributed by atoms with Crippen LogP contribution < -0.4 is 0 Å². The van der Waals surface area contributed by atoms with E-state index in [0.717, 1.165) is 27.7 Å². The van der Waals surface area contributed by atoms with Gasteiger partial charge in [-0.25, -0.2) is 0 Å². The average Bonchev–Trinajstić information content (AvgIpc) is 2.87. The van der Waals surface area contributed by atoms with Gasteiger partial charge < -0.3 is 4.98 Å². The Morgan fingerprint density at radius 2 is 1.68 bits per heavy atom. The number of fused-ring (bicyclic) bond motifs is 1. The van der Waals surface area contributed by atoms with E-state index in [1.807, 2.05) is 61.5 Å². The van der Waals surface area contributed by atoms with E-state index in [-0.39, 0.29) is 5.78 Å². The van der Waals surface area contributed by atoms with Gasteiger partial charge in [-0.1, -0.05) is 55.5 Å². The number of Topliss-reactive ketones (excluding diaryl/α,β-unsaturated/α-hetero) is 1. The minimum atomic E-state index is 0.177. The summed E-state index contributed by atoms with van der Waals surface area (Å²) >= 11 is 0. The molecule has 0 aliphatic carbocycles. The fourth-order valence-electron chi connectivity index (χ4n) is 2.43. The zero-order valence-corrected chi connectivity index (χ0v) is 10.8. The Kier molecular flexibility index (Phi) is 2.92. The third-order valence-corrected chi connectivity index (χ3v) is 3.37. The van der Waals surface area contributed by atoms with E-state index in [2.05, 4.69) is 4.98 Å². The van der Waals surface area contributed by atoms with E-state index in [0.29, 0.717) is 6.42 Å². The van der Waals surface area contributed by atoms with Gasteiger partial charge in [-0.3, -0.25) is 4.79 Å². The molecule has 0 fully saturated rings. The fourth-order valence-corrected chi connectivity index (χ4v) is 2.43. The van der Waals surface area contributed by atoms with Crippen LogP contribution in [-0.4, -0.2) is 10.8 Å². The molecule has 0 aliphatic heterocycles. The molecule has 2 aromatic carbocycles. The molecule has 2 heteroatoms. The van der Waals surface area contributed by atoms with Crippen LogP contribution >= 0.6 is 0 Å². The van der Waals surface area contributed by atoms with Gasteiger partial charge in [-0.05, 0) is 11.6 Å². The lowest BCUT2D eigenvalue weighted by Crippen LogP contribution is -1.97. The lowest BCUT2D eigenvalue weighted by Gasteiger charge is -2.02. The summed E-state index contributed by atoms with van der Waals surface area (Å²) in [4.78, 5) is 15.6. The number of aromatic nitrogens is 1. The molecule has 2 nitrogen and oxygen atoms in total. The van der Waals surface area contributed by atoms with Gasteiger partial charge in [0.25, 0.3) is 0 Å². The first-order chi connectivity index (χ1) is 9.31. The standard InChI is InChI=1S/C17H15NO/c1-2-15(19)16-13-10-6-7-11-14(13)18-17(16)12-8-4-3-5-9-12/h3-11,18H,2H2,1H3. The van der Waals surface area contributed by atoms with E-state index in [9.17, 15) is 4.79 Å². The first kappa shape index (κ1) is 11.7. The number of carbonyl (C=O) groups is 1. The topological polar surface area (TPSA) is 32.9 Å². The second kappa shape index (κ2) is 4.73. The molecule has 0 bridgehead atoms. The molecule has 1 heterocycles. The van der Waals surface area contributed by atoms with Crippen LogP contribution in [0.3, 0.4) is 0 Å². The Hall–Kier alpha value is -2.35. The summed E-state index contributed by atoms with van der Waals surface area (Å²) in [6.45, 7) is 1.90. The predicted molar refractivity (Wildman–Crippen MR) is 78.4 cm³/mol. The number of hydrogen-bond acceptors (Lipinski definition) is 1. The summed E-state index contributed by atoms with van der Waals surface area (Å²) in [5.41, 5.74) is 3.80. The summed E-state index contributed by atoms with van der Waals surface area (Å²) in [6, 6.07) is 18.0. The monoisotopic (exact) mass is 249 g/mol. The molecule has 0 spiro atoms. The van der Waals surface area contributed by atoms with Gasteiger partial charge in [0.2, 0.25) is 0 Å². The maximum atomic E-state index is 12.3. The Morgan fingerprint density at radius 1 is 1.00 bits per heavy atom. The number of ketones is 1. The maximum absolute atomic E-state index is 12.3. The zero-order valence-electron chi connectivity index (χ0n) is 10.8. The minimum absolute atomic E-state index is 0.177. The highest BCUT2D eigenvalue weighted by Gasteiger charge is 2.17. The summed E-state index contributed by atoms with van der Waals surface area (Å²) < 4.78 is 0. The maximum Gasteiger partial charge on any atom is 0.165 e. The summed E-state index contributed by atoms with van der Waals surface area (Å²) in [5.74, 6) is 0.177. The predicted octanol–water partition coefficient (Wildman–Crippen LogP) is 4.43. The van der Waals surface area contributed by atoms with Crippen molar-refractivity contribution in [3.63, 3.8) is 0 Å². The van der Waals surface area contributed by atoms with Crippen molar-refractivity contribution in [2.24, 2.45) is 0 Å². The second-order valence-electron chi connectivity index (χ2n) is 4.56. The van der Waals surface area contributed by atoms with Gasteiger partial charge >= 0.3 is 0 Å². The molecular weight excluding hydrogens is 234 g/mol. The first-order valence-electron chi connectivity index (χ1n) is 6.50. The van der Waals surface area contributed by atoms with Gasteiger partial charge in [-0.15, -0.1) is 0 Å². The number of carbonyl (C=O) groups excluding carboxylic acids is 1. The molecule has 3 rings (SSSR count). The molecule has 94 valence electrons. The fraction of sp³-hybridized carbons (Fsp3) is 0.118. The third kappa shape index (κ3) is 1.95. The van der Waals surface area contributed by atoms with E-state index >= 15 is 0 Å². The van der Waals surface area contributed by atoms with Crippen LogP contribution in [0.4, 0.5) is 0 Å². The number of para-hydroxylation sites is 1. The number of benzene rings is 2.